The lowest BCUT2D eigenvalue weighted by Gasteiger charge is -2.06. The predicted molar refractivity (Wildman–Crippen MR) is 49.4 cm³/mol. The van der Waals surface area contributed by atoms with E-state index in [0.717, 1.165) is 6.07 Å². The molecule has 0 aliphatic rings. The fourth-order valence-corrected chi connectivity index (χ4v) is 1.54. The molecule has 0 amide bonds. The van der Waals surface area contributed by atoms with Gasteiger partial charge in [-0.1, -0.05) is 15.9 Å². The number of aromatic amines is 1. The van der Waals surface area contributed by atoms with Crippen molar-refractivity contribution >= 4 is 15.9 Å². The maximum absolute atomic E-state index is 12.5. The summed E-state index contributed by atoms with van der Waals surface area (Å²) >= 11 is 2.98. The van der Waals surface area contributed by atoms with Crippen LogP contribution in [-0.2, 0) is 5.33 Å². The number of hydrogen-bond donors (Lipinski definition) is 1. The Labute approximate surface area is 86.5 Å². The van der Waals surface area contributed by atoms with E-state index >= 15 is 0 Å². The van der Waals surface area contributed by atoms with Crippen LogP contribution in [0, 0.1) is 11.3 Å². The van der Waals surface area contributed by atoms with Crippen LogP contribution in [0.3, 0.4) is 0 Å². The van der Waals surface area contributed by atoms with Crippen LogP contribution in [0.25, 0.3) is 0 Å². The predicted octanol–water partition coefficient (Wildman–Crippen LogP) is 2.08. The van der Waals surface area contributed by atoms with Gasteiger partial charge >= 0.3 is 0 Å². The molecule has 0 radical (unpaired) electrons. The van der Waals surface area contributed by atoms with Gasteiger partial charge in [-0.25, -0.2) is 8.78 Å². The van der Waals surface area contributed by atoms with Crippen LogP contribution in [0.15, 0.2) is 10.9 Å². The highest BCUT2D eigenvalue weighted by Crippen LogP contribution is 2.25. The highest BCUT2D eigenvalue weighted by Gasteiger charge is 2.18. The van der Waals surface area contributed by atoms with Gasteiger partial charge in [0.15, 0.2) is 0 Å². The maximum atomic E-state index is 12.5. The van der Waals surface area contributed by atoms with Gasteiger partial charge in [-0.3, -0.25) is 4.79 Å². The topological polar surface area (TPSA) is 56.6 Å². The summed E-state index contributed by atoms with van der Waals surface area (Å²) in [5.41, 5.74) is -1.20. The fourth-order valence-electron chi connectivity index (χ4n) is 1.07. The lowest BCUT2D eigenvalue weighted by molar-refractivity contribution is 0.149. The molecule has 0 bridgehead atoms. The first-order chi connectivity index (χ1) is 6.60. The number of rotatable bonds is 2. The molecule has 1 N–H and O–H groups in total. The molecule has 0 fully saturated rings. The third kappa shape index (κ3) is 1.99. The monoisotopic (exact) mass is 262 g/mol. The van der Waals surface area contributed by atoms with E-state index in [-0.39, 0.29) is 16.6 Å². The fraction of sp³-hybridized carbons (Fsp3) is 0.250. The quantitative estimate of drug-likeness (QED) is 0.830. The van der Waals surface area contributed by atoms with Crippen LogP contribution in [0.1, 0.15) is 23.2 Å². The molecule has 0 atom stereocenters. The van der Waals surface area contributed by atoms with Crippen LogP contribution in [0.4, 0.5) is 8.78 Å². The van der Waals surface area contributed by atoms with Crippen LogP contribution in [0.5, 0.6) is 0 Å². The zero-order chi connectivity index (χ0) is 10.7. The van der Waals surface area contributed by atoms with E-state index in [1.807, 2.05) is 0 Å². The summed E-state index contributed by atoms with van der Waals surface area (Å²) in [6.45, 7) is 0. The Bertz CT molecular complexity index is 436. The molecule has 1 aromatic heterocycles. The van der Waals surface area contributed by atoms with Crippen molar-refractivity contribution in [2.24, 2.45) is 0 Å². The number of H-pyrrole nitrogens is 1. The Morgan fingerprint density at radius 3 is 2.71 bits per heavy atom. The van der Waals surface area contributed by atoms with Crippen molar-refractivity contribution in [2.75, 3.05) is 0 Å². The minimum Gasteiger partial charge on any atom is -0.313 e. The molecular weight excluding hydrogens is 258 g/mol. The molecule has 1 aromatic rings. The lowest BCUT2D eigenvalue weighted by atomic mass is 10.1. The first kappa shape index (κ1) is 10.9. The van der Waals surface area contributed by atoms with Crippen LogP contribution in [0.2, 0.25) is 0 Å². The highest BCUT2D eigenvalue weighted by molar-refractivity contribution is 9.08. The standard InChI is InChI=1S/C8H5BrF2N2O/c9-2-4-1-6(14)13-5(3-12)7(4)8(10)11/h1,8H,2H2,(H,13,14). The molecule has 0 spiro atoms. The van der Waals surface area contributed by atoms with Gasteiger partial charge in [-0.05, 0) is 5.56 Å². The minimum atomic E-state index is -2.77. The number of nitriles is 1. The molecule has 1 rings (SSSR count). The van der Waals surface area contributed by atoms with Gasteiger partial charge < -0.3 is 4.98 Å². The van der Waals surface area contributed by atoms with Crippen molar-refractivity contribution in [3.05, 3.63) is 33.2 Å². The molecule has 0 aliphatic carbocycles. The van der Waals surface area contributed by atoms with Crippen molar-refractivity contribution < 1.29 is 8.78 Å². The molecule has 1 heterocycles. The summed E-state index contributed by atoms with van der Waals surface area (Å²) in [5.74, 6) is 0. The summed E-state index contributed by atoms with van der Waals surface area (Å²) in [7, 11) is 0. The van der Waals surface area contributed by atoms with Gasteiger partial charge in [0.25, 0.3) is 6.43 Å². The number of nitrogens with zero attached hydrogens (tertiary/aromatic N) is 1. The molecule has 14 heavy (non-hydrogen) atoms. The smallest absolute Gasteiger partial charge is 0.266 e. The molecular formula is C8H5BrF2N2O. The highest BCUT2D eigenvalue weighted by atomic mass is 79.9. The van der Waals surface area contributed by atoms with Crippen molar-refractivity contribution in [2.45, 2.75) is 11.8 Å². The SMILES string of the molecule is N#Cc1[nH]c(=O)cc(CBr)c1C(F)F. The van der Waals surface area contributed by atoms with E-state index in [0.29, 0.717) is 0 Å². The summed E-state index contributed by atoms with van der Waals surface area (Å²) in [5, 5.41) is 8.66. The summed E-state index contributed by atoms with van der Waals surface area (Å²) in [6, 6.07) is 2.59. The molecule has 0 aliphatic heterocycles. The minimum absolute atomic E-state index is 0.116. The summed E-state index contributed by atoms with van der Waals surface area (Å²) in [6.07, 6.45) is -2.77. The average Bonchev–Trinajstić information content (AvgIpc) is 2.15. The lowest BCUT2D eigenvalue weighted by Crippen LogP contribution is -2.12. The molecule has 74 valence electrons. The van der Waals surface area contributed by atoms with E-state index in [2.05, 4.69) is 20.9 Å². The summed E-state index contributed by atoms with van der Waals surface area (Å²) < 4.78 is 25.0. The maximum Gasteiger partial charge on any atom is 0.266 e. The van der Waals surface area contributed by atoms with E-state index in [9.17, 15) is 13.6 Å². The second-order valence-electron chi connectivity index (χ2n) is 2.49. The third-order valence-electron chi connectivity index (χ3n) is 1.64. The molecule has 6 heteroatoms. The Hall–Kier alpha value is -1.22. The van der Waals surface area contributed by atoms with Crippen LogP contribution in [-0.4, -0.2) is 4.98 Å². The zero-order valence-electron chi connectivity index (χ0n) is 6.85. The first-order valence-electron chi connectivity index (χ1n) is 3.60. The normalized spacial score (nSPS) is 10.2. The van der Waals surface area contributed by atoms with Crippen LogP contribution >= 0.6 is 15.9 Å². The van der Waals surface area contributed by atoms with Gasteiger partial charge in [0, 0.05) is 11.4 Å². The zero-order valence-corrected chi connectivity index (χ0v) is 8.44. The van der Waals surface area contributed by atoms with Crippen molar-refractivity contribution in [3.8, 4) is 6.07 Å². The average molecular weight is 263 g/mol. The molecule has 0 saturated heterocycles. The van der Waals surface area contributed by atoms with Gasteiger partial charge in [0.1, 0.15) is 11.8 Å². The molecule has 0 saturated carbocycles. The van der Waals surface area contributed by atoms with E-state index in [1.165, 1.54) is 6.07 Å². The number of hydrogen-bond acceptors (Lipinski definition) is 2. The number of pyridine rings is 1. The second kappa shape index (κ2) is 4.33. The first-order valence-corrected chi connectivity index (χ1v) is 4.72. The number of aromatic nitrogens is 1. The van der Waals surface area contributed by atoms with Gasteiger partial charge in [0.2, 0.25) is 5.56 Å². The van der Waals surface area contributed by atoms with Crippen molar-refractivity contribution in [3.63, 3.8) is 0 Å². The Morgan fingerprint density at radius 2 is 2.29 bits per heavy atom. The summed E-state index contributed by atoms with van der Waals surface area (Å²) in [4.78, 5) is 13.0. The van der Waals surface area contributed by atoms with Crippen molar-refractivity contribution in [1.82, 2.24) is 4.98 Å². The number of alkyl halides is 3. The third-order valence-corrected chi connectivity index (χ3v) is 2.25. The van der Waals surface area contributed by atoms with E-state index < -0.39 is 17.5 Å². The molecule has 0 aromatic carbocycles. The van der Waals surface area contributed by atoms with Gasteiger partial charge in [-0.2, -0.15) is 5.26 Å². The second-order valence-corrected chi connectivity index (χ2v) is 3.05. The van der Waals surface area contributed by atoms with Crippen molar-refractivity contribution in [1.29, 1.82) is 5.26 Å². The largest absolute Gasteiger partial charge is 0.313 e. The van der Waals surface area contributed by atoms with Gasteiger partial charge in [-0.15, -0.1) is 0 Å². The van der Waals surface area contributed by atoms with E-state index in [4.69, 9.17) is 5.26 Å². The Morgan fingerprint density at radius 1 is 1.64 bits per heavy atom. The Kier molecular flexibility index (Phi) is 3.36. The van der Waals surface area contributed by atoms with E-state index in [1.54, 1.807) is 0 Å². The Balaban J connectivity index is 3.51. The molecule has 3 nitrogen and oxygen atoms in total. The molecule has 0 unspecified atom stereocenters. The van der Waals surface area contributed by atoms with Gasteiger partial charge in [0.05, 0.1) is 5.56 Å². The number of halogens is 3. The number of nitrogens with one attached hydrogen (secondary N) is 1. The van der Waals surface area contributed by atoms with Crippen LogP contribution < -0.4 is 5.56 Å².